The van der Waals surface area contributed by atoms with Gasteiger partial charge >= 0.3 is 5.97 Å². The van der Waals surface area contributed by atoms with Crippen molar-refractivity contribution in [1.29, 1.82) is 0 Å². The Hall–Kier alpha value is -1.14. The van der Waals surface area contributed by atoms with Crippen molar-refractivity contribution in [1.82, 2.24) is 4.98 Å². The van der Waals surface area contributed by atoms with E-state index in [9.17, 15) is 9.90 Å². The molecule has 118 valence electrons. The van der Waals surface area contributed by atoms with Crippen molar-refractivity contribution >= 4 is 22.4 Å². The van der Waals surface area contributed by atoms with Gasteiger partial charge in [0, 0.05) is 11.9 Å². The second-order valence-corrected chi connectivity index (χ2v) is 6.88. The van der Waals surface area contributed by atoms with Crippen molar-refractivity contribution in [3.05, 3.63) is 11.1 Å². The Balaban J connectivity index is 1.74. The molecule has 0 spiro atoms. The van der Waals surface area contributed by atoms with Gasteiger partial charge < -0.3 is 15.2 Å². The van der Waals surface area contributed by atoms with Crippen molar-refractivity contribution in [3.8, 4) is 0 Å². The van der Waals surface area contributed by atoms with E-state index < -0.39 is 11.4 Å². The lowest BCUT2D eigenvalue weighted by atomic mass is 9.90. The fraction of sp³-hybridized carbons (Fsp3) is 0.733. The maximum atomic E-state index is 11.2. The van der Waals surface area contributed by atoms with E-state index in [0.29, 0.717) is 24.9 Å². The van der Waals surface area contributed by atoms with Crippen LogP contribution in [-0.2, 0) is 14.9 Å². The Kier molecular flexibility index (Phi) is 5.58. The molecule has 1 fully saturated rings. The zero-order valence-corrected chi connectivity index (χ0v) is 13.5. The van der Waals surface area contributed by atoms with Crippen LogP contribution in [0.1, 0.15) is 51.6 Å². The summed E-state index contributed by atoms with van der Waals surface area (Å²) in [5.74, 6) is -0.861. The number of carbonyl (C=O) groups is 1. The highest BCUT2D eigenvalue weighted by molar-refractivity contribution is 7.13. The van der Waals surface area contributed by atoms with Crippen LogP contribution in [0.3, 0.4) is 0 Å². The van der Waals surface area contributed by atoms with E-state index in [2.05, 4.69) is 10.3 Å². The minimum Gasteiger partial charge on any atom is -0.481 e. The number of anilines is 1. The predicted molar refractivity (Wildman–Crippen MR) is 84.1 cm³/mol. The van der Waals surface area contributed by atoms with Gasteiger partial charge in [-0.05, 0) is 26.7 Å². The number of carboxylic acid groups (broad SMARTS) is 1. The molecule has 1 aliphatic carbocycles. The minimum atomic E-state index is -0.949. The van der Waals surface area contributed by atoms with Crippen LogP contribution in [0.2, 0.25) is 0 Å². The zero-order chi connectivity index (χ0) is 15.3. The number of aliphatic carboxylic acids is 1. The normalized spacial score (nSPS) is 16.9. The molecule has 0 unspecified atom stereocenters. The number of nitrogens with zero attached hydrogens (tertiary/aromatic N) is 1. The summed E-state index contributed by atoms with van der Waals surface area (Å²) < 4.78 is 5.84. The molecular formula is C15H24N2O3S. The SMILES string of the molecule is CC(C)(C(=O)O)c1csc(NCCOC2CCCCC2)n1. The van der Waals surface area contributed by atoms with Gasteiger partial charge in [-0.15, -0.1) is 11.3 Å². The molecule has 0 bridgehead atoms. The lowest BCUT2D eigenvalue weighted by molar-refractivity contribution is -0.142. The van der Waals surface area contributed by atoms with Gasteiger partial charge in [0.2, 0.25) is 0 Å². The van der Waals surface area contributed by atoms with Gasteiger partial charge in [-0.3, -0.25) is 4.79 Å². The van der Waals surface area contributed by atoms with Crippen LogP contribution in [0, 0.1) is 0 Å². The summed E-state index contributed by atoms with van der Waals surface area (Å²) in [6.07, 6.45) is 6.65. The largest absolute Gasteiger partial charge is 0.481 e. The van der Waals surface area contributed by atoms with E-state index in [1.807, 2.05) is 0 Å². The molecule has 0 atom stereocenters. The highest BCUT2D eigenvalue weighted by atomic mass is 32.1. The van der Waals surface area contributed by atoms with Crippen LogP contribution in [0.15, 0.2) is 5.38 Å². The molecule has 0 saturated heterocycles. The Morgan fingerprint density at radius 1 is 1.48 bits per heavy atom. The summed E-state index contributed by atoms with van der Waals surface area (Å²) in [4.78, 5) is 15.5. The topological polar surface area (TPSA) is 71.5 Å². The average Bonchev–Trinajstić information content (AvgIpc) is 2.94. The number of thiazole rings is 1. The van der Waals surface area contributed by atoms with E-state index in [1.54, 1.807) is 19.2 Å². The van der Waals surface area contributed by atoms with Gasteiger partial charge in [-0.2, -0.15) is 0 Å². The van der Waals surface area contributed by atoms with Crippen LogP contribution in [0.4, 0.5) is 5.13 Å². The Bertz CT molecular complexity index is 467. The summed E-state index contributed by atoms with van der Waals surface area (Å²) in [5.41, 5.74) is -0.356. The molecule has 2 N–H and O–H groups in total. The first-order valence-electron chi connectivity index (χ1n) is 7.55. The molecule has 0 aromatic carbocycles. The summed E-state index contributed by atoms with van der Waals surface area (Å²) in [7, 11) is 0. The fourth-order valence-corrected chi connectivity index (χ4v) is 3.27. The molecule has 5 nitrogen and oxygen atoms in total. The first-order chi connectivity index (χ1) is 10.00. The molecule has 2 rings (SSSR count). The van der Waals surface area contributed by atoms with E-state index >= 15 is 0 Å². The molecule has 1 heterocycles. The van der Waals surface area contributed by atoms with E-state index in [-0.39, 0.29) is 0 Å². The van der Waals surface area contributed by atoms with Gasteiger partial charge in [0.05, 0.1) is 18.4 Å². The molecule has 21 heavy (non-hydrogen) atoms. The van der Waals surface area contributed by atoms with Gasteiger partial charge in [0.1, 0.15) is 5.41 Å². The van der Waals surface area contributed by atoms with E-state index in [0.717, 1.165) is 5.13 Å². The number of ether oxygens (including phenoxy) is 1. The van der Waals surface area contributed by atoms with Gasteiger partial charge in [-0.25, -0.2) is 4.98 Å². The number of nitrogens with one attached hydrogen (secondary N) is 1. The van der Waals surface area contributed by atoms with Crippen molar-refractivity contribution < 1.29 is 14.6 Å². The monoisotopic (exact) mass is 312 g/mol. The van der Waals surface area contributed by atoms with Gasteiger partial charge in [0.15, 0.2) is 5.13 Å². The molecule has 0 aliphatic heterocycles. The number of aromatic nitrogens is 1. The van der Waals surface area contributed by atoms with Crippen LogP contribution in [-0.4, -0.2) is 35.3 Å². The second-order valence-electron chi connectivity index (χ2n) is 6.03. The highest BCUT2D eigenvalue weighted by Gasteiger charge is 2.32. The summed E-state index contributed by atoms with van der Waals surface area (Å²) in [6.45, 7) is 4.71. The number of rotatable bonds is 7. The summed E-state index contributed by atoms with van der Waals surface area (Å²) in [6, 6.07) is 0. The predicted octanol–water partition coefficient (Wildman–Crippen LogP) is 3.27. The Labute approximate surface area is 129 Å². The smallest absolute Gasteiger partial charge is 0.315 e. The van der Waals surface area contributed by atoms with E-state index in [4.69, 9.17) is 4.74 Å². The third-order valence-corrected chi connectivity index (χ3v) is 4.76. The number of carboxylic acids is 1. The van der Waals surface area contributed by atoms with Crippen molar-refractivity contribution in [2.45, 2.75) is 57.5 Å². The number of hydrogen-bond acceptors (Lipinski definition) is 5. The highest BCUT2D eigenvalue weighted by Crippen LogP contribution is 2.27. The fourth-order valence-electron chi connectivity index (χ4n) is 2.37. The minimum absolute atomic E-state index is 0.415. The molecule has 0 amide bonds. The van der Waals surface area contributed by atoms with Crippen molar-refractivity contribution in [2.24, 2.45) is 0 Å². The lowest BCUT2D eigenvalue weighted by Crippen LogP contribution is -2.28. The maximum Gasteiger partial charge on any atom is 0.315 e. The molecule has 1 aromatic rings. The molecule has 0 radical (unpaired) electrons. The quantitative estimate of drug-likeness (QED) is 0.756. The Morgan fingerprint density at radius 3 is 2.86 bits per heavy atom. The maximum absolute atomic E-state index is 11.2. The van der Waals surface area contributed by atoms with Crippen LogP contribution < -0.4 is 5.32 Å². The first kappa shape index (κ1) is 16.2. The molecule has 1 saturated carbocycles. The van der Waals surface area contributed by atoms with Crippen molar-refractivity contribution in [2.75, 3.05) is 18.5 Å². The lowest BCUT2D eigenvalue weighted by Gasteiger charge is -2.21. The molecule has 1 aliphatic rings. The Morgan fingerprint density at radius 2 is 2.19 bits per heavy atom. The molecular weight excluding hydrogens is 288 g/mol. The molecule has 1 aromatic heterocycles. The second kappa shape index (κ2) is 7.22. The summed E-state index contributed by atoms with van der Waals surface area (Å²) >= 11 is 1.44. The van der Waals surface area contributed by atoms with Crippen molar-refractivity contribution in [3.63, 3.8) is 0 Å². The van der Waals surface area contributed by atoms with Crippen LogP contribution >= 0.6 is 11.3 Å². The van der Waals surface area contributed by atoms with Gasteiger partial charge in [-0.1, -0.05) is 19.3 Å². The molecule has 6 heteroatoms. The average molecular weight is 312 g/mol. The zero-order valence-electron chi connectivity index (χ0n) is 12.7. The van der Waals surface area contributed by atoms with Gasteiger partial charge in [0.25, 0.3) is 0 Å². The summed E-state index contributed by atoms with van der Waals surface area (Å²) in [5, 5.41) is 15.0. The third-order valence-electron chi connectivity index (χ3n) is 3.96. The standard InChI is InChI=1S/C15H24N2O3S/c1-15(2,13(18)19)12-10-21-14(17-12)16-8-9-20-11-6-4-3-5-7-11/h10-11H,3-9H2,1-2H3,(H,16,17)(H,18,19). The number of hydrogen-bond donors (Lipinski definition) is 2. The van der Waals surface area contributed by atoms with E-state index in [1.165, 1.54) is 43.4 Å². The third kappa shape index (κ3) is 4.41. The first-order valence-corrected chi connectivity index (χ1v) is 8.43. The van der Waals surface area contributed by atoms with Crippen LogP contribution in [0.5, 0.6) is 0 Å². The van der Waals surface area contributed by atoms with Crippen LogP contribution in [0.25, 0.3) is 0 Å².